The van der Waals surface area contributed by atoms with Crippen LogP contribution in [0.5, 0.6) is 0 Å². The van der Waals surface area contributed by atoms with Crippen LogP contribution in [0.3, 0.4) is 0 Å². The summed E-state index contributed by atoms with van der Waals surface area (Å²) in [5.74, 6) is -0.218. The molecule has 0 aromatic heterocycles. The number of carbonyl (C=O) groups excluding carboxylic acids is 1. The zero-order valence-electron chi connectivity index (χ0n) is 10.6. The Kier molecular flexibility index (Phi) is 3.78. The number of fused-ring (bicyclic) bond motifs is 1. The molecule has 0 radical (unpaired) electrons. The molecule has 2 aromatic carbocycles. The second-order valence-electron chi connectivity index (χ2n) is 4.20. The maximum Gasteiger partial charge on any atom is 0.309 e. The first-order chi connectivity index (χ1) is 8.72. The van der Waals surface area contributed by atoms with Gasteiger partial charge in [-0.3, -0.25) is 4.79 Å². The predicted octanol–water partition coefficient (Wildman–Crippen LogP) is 3.72. The maximum atomic E-state index is 11.1. The summed E-state index contributed by atoms with van der Waals surface area (Å²) in [5, 5.41) is 2.42. The maximum absolute atomic E-state index is 11.1. The van der Waals surface area contributed by atoms with Crippen molar-refractivity contribution in [3.63, 3.8) is 0 Å². The molecule has 0 aliphatic rings. The van der Waals surface area contributed by atoms with Crippen molar-refractivity contribution in [2.75, 3.05) is 7.11 Å². The lowest BCUT2D eigenvalue weighted by Gasteiger charge is -2.06. The lowest BCUT2D eigenvalue weighted by atomic mass is 9.99. The first-order valence-corrected chi connectivity index (χ1v) is 5.94. The van der Waals surface area contributed by atoms with Gasteiger partial charge >= 0.3 is 5.97 Å². The van der Waals surface area contributed by atoms with Crippen LogP contribution in [0.2, 0.25) is 0 Å². The molecule has 2 nitrogen and oxygen atoms in total. The van der Waals surface area contributed by atoms with Gasteiger partial charge in [0.1, 0.15) is 0 Å². The third kappa shape index (κ3) is 2.59. The van der Waals surface area contributed by atoms with Crippen molar-refractivity contribution in [3.05, 3.63) is 53.6 Å². The first-order valence-electron chi connectivity index (χ1n) is 5.94. The Morgan fingerprint density at radius 1 is 1.22 bits per heavy atom. The minimum Gasteiger partial charge on any atom is -0.469 e. The normalized spacial score (nSPS) is 11.0. The zero-order valence-corrected chi connectivity index (χ0v) is 10.6. The second kappa shape index (κ2) is 5.50. The highest BCUT2D eigenvalue weighted by Gasteiger charge is 2.01. The third-order valence-electron chi connectivity index (χ3n) is 2.99. The van der Waals surface area contributed by atoms with Gasteiger partial charge in [0.2, 0.25) is 0 Å². The van der Waals surface area contributed by atoms with Crippen LogP contribution < -0.4 is 0 Å². The highest BCUT2D eigenvalue weighted by atomic mass is 16.5. The molecular formula is C16H16O2. The van der Waals surface area contributed by atoms with E-state index < -0.39 is 0 Å². The van der Waals surface area contributed by atoms with Crippen LogP contribution in [0, 0.1) is 6.92 Å². The molecule has 0 spiro atoms. The smallest absolute Gasteiger partial charge is 0.309 e. The highest BCUT2D eigenvalue weighted by molar-refractivity contribution is 5.92. The number of methoxy groups -OCH3 is 1. The monoisotopic (exact) mass is 240 g/mol. The lowest BCUT2D eigenvalue weighted by Crippen LogP contribution is -1.96. The second-order valence-corrected chi connectivity index (χ2v) is 4.20. The van der Waals surface area contributed by atoms with Crippen LogP contribution in [0.25, 0.3) is 16.8 Å². The molecule has 0 atom stereocenters. The van der Waals surface area contributed by atoms with Crippen LogP contribution in [0.1, 0.15) is 17.5 Å². The van der Waals surface area contributed by atoms with Crippen molar-refractivity contribution in [2.45, 2.75) is 13.3 Å². The van der Waals surface area contributed by atoms with E-state index in [0.29, 0.717) is 6.42 Å². The van der Waals surface area contributed by atoms with Gasteiger partial charge in [-0.15, -0.1) is 0 Å². The number of rotatable bonds is 3. The van der Waals surface area contributed by atoms with Gasteiger partial charge in [-0.25, -0.2) is 0 Å². The van der Waals surface area contributed by atoms with Gasteiger partial charge in [-0.05, 0) is 28.8 Å². The van der Waals surface area contributed by atoms with Crippen molar-refractivity contribution in [3.8, 4) is 0 Å². The lowest BCUT2D eigenvalue weighted by molar-refractivity contribution is -0.139. The number of aryl methyl sites for hydroxylation is 1. The summed E-state index contributed by atoms with van der Waals surface area (Å²) in [6.45, 7) is 2.07. The Labute approximate surface area is 107 Å². The zero-order chi connectivity index (χ0) is 13.0. The van der Waals surface area contributed by atoms with E-state index in [0.717, 1.165) is 5.56 Å². The Balaban J connectivity index is 2.37. The van der Waals surface area contributed by atoms with Gasteiger partial charge in [0.05, 0.1) is 13.5 Å². The van der Waals surface area contributed by atoms with Crippen molar-refractivity contribution < 1.29 is 9.53 Å². The van der Waals surface area contributed by atoms with E-state index in [4.69, 9.17) is 0 Å². The van der Waals surface area contributed by atoms with Crippen LogP contribution >= 0.6 is 0 Å². The predicted molar refractivity (Wildman–Crippen MR) is 74.4 cm³/mol. The molecule has 0 fully saturated rings. The van der Waals surface area contributed by atoms with Gasteiger partial charge in [0.25, 0.3) is 0 Å². The molecule has 0 aliphatic carbocycles. The molecule has 2 aromatic rings. The summed E-state index contributed by atoms with van der Waals surface area (Å²) in [7, 11) is 1.40. The standard InChI is InChI=1S/C16H16O2/c1-12-10-11-13-6-3-4-7-15(13)14(12)8-5-9-16(17)18-2/h3-8,10-11H,9H2,1-2H3. The number of hydrogen-bond donors (Lipinski definition) is 0. The van der Waals surface area contributed by atoms with Gasteiger partial charge in [0, 0.05) is 0 Å². The van der Waals surface area contributed by atoms with Gasteiger partial charge in [-0.1, -0.05) is 48.6 Å². The molecule has 18 heavy (non-hydrogen) atoms. The van der Waals surface area contributed by atoms with E-state index in [1.54, 1.807) is 0 Å². The number of hydrogen-bond acceptors (Lipinski definition) is 2. The Morgan fingerprint density at radius 3 is 2.78 bits per heavy atom. The van der Waals surface area contributed by atoms with Crippen LogP contribution in [0.15, 0.2) is 42.5 Å². The molecule has 0 heterocycles. The Bertz CT molecular complexity index is 597. The average molecular weight is 240 g/mol. The topological polar surface area (TPSA) is 26.3 Å². The quantitative estimate of drug-likeness (QED) is 0.764. The molecule has 0 saturated heterocycles. The summed E-state index contributed by atoms with van der Waals surface area (Å²) < 4.78 is 4.62. The minimum atomic E-state index is -0.218. The van der Waals surface area contributed by atoms with Crippen molar-refractivity contribution in [1.82, 2.24) is 0 Å². The molecule has 0 unspecified atom stereocenters. The van der Waals surface area contributed by atoms with E-state index >= 15 is 0 Å². The summed E-state index contributed by atoms with van der Waals surface area (Å²) in [6.07, 6.45) is 4.15. The molecule has 0 aliphatic heterocycles. The molecule has 0 N–H and O–H groups in total. The number of esters is 1. The summed E-state index contributed by atoms with van der Waals surface area (Å²) in [4.78, 5) is 11.1. The molecule has 92 valence electrons. The van der Waals surface area contributed by atoms with E-state index in [9.17, 15) is 4.79 Å². The van der Waals surface area contributed by atoms with Crippen LogP contribution in [-0.2, 0) is 9.53 Å². The molecule has 0 saturated carbocycles. The van der Waals surface area contributed by atoms with Crippen molar-refractivity contribution >= 4 is 22.8 Å². The van der Waals surface area contributed by atoms with Gasteiger partial charge < -0.3 is 4.74 Å². The number of benzene rings is 2. The SMILES string of the molecule is COC(=O)CC=Cc1c(C)ccc2ccccc12. The Hall–Kier alpha value is -2.09. The summed E-state index contributed by atoms with van der Waals surface area (Å²) in [5.41, 5.74) is 2.37. The average Bonchev–Trinajstić information content (AvgIpc) is 2.41. The summed E-state index contributed by atoms with van der Waals surface area (Å²) in [6, 6.07) is 12.5. The minimum absolute atomic E-state index is 0.218. The van der Waals surface area contributed by atoms with Crippen LogP contribution in [-0.4, -0.2) is 13.1 Å². The highest BCUT2D eigenvalue weighted by Crippen LogP contribution is 2.23. The fourth-order valence-electron chi connectivity index (χ4n) is 1.98. The summed E-state index contributed by atoms with van der Waals surface area (Å²) >= 11 is 0. The number of carbonyl (C=O) groups is 1. The third-order valence-corrected chi connectivity index (χ3v) is 2.99. The van der Waals surface area contributed by atoms with E-state index in [2.05, 4.69) is 35.9 Å². The van der Waals surface area contributed by atoms with Gasteiger partial charge in [-0.2, -0.15) is 0 Å². The van der Waals surface area contributed by atoms with Gasteiger partial charge in [0.15, 0.2) is 0 Å². The van der Waals surface area contributed by atoms with E-state index in [-0.39, 0.29) is 5.97 Å². The molecule has 0 amide bonds. The molecular weight excluding hydrogens is 224 g/mol. The molecule has 0 bridgehead atoms. The number of ether oxygens (including phenoxy) is 1. The fraction of sp³-hybridized carbons (Fsp3) is 0.188. The van der Waals surface area contributed by atoms with Crippen molar-refractivity contribution in [2.24, 2.45) is 0 Å². The first kappa shape index (κ1) is 12.4. The largest absolute Gasteiger partial charge is 0.469 e. The molecule has 2 heteroatoms. The van der Waals surface area contributed by atoms with E-state index in [1.807, 2.05) is 24.3 Å². The fourth-order valence-corrected chi connectivity index (χ4v) is 1.98. The van der Waals surface area contributed by atoms with Crippen molar-refractivity contribution in [1.29, 1.82) is 0 Å². The molecule has 2 rings (SSSR count). The van der Waals surface area contributed by atoms with E-state index in [1.165, 1.54) is 23.4 Å². The Morgan fingerprint density at radius 2 is 2.00 bits per heavy atom. The van der Waals surface area contributed by atoms with Crippen LogP contribution in [0.4, 0.5) is 0 Å².